The predicted octanol–water partition coefficient (Wildman–Crippen LogP) is 3.06. The quantitative estimate of drug-likeness (QED) is 0.255. The van der Waals surface area contributed by atoms with Crippen LogP contribution >= 0.6 is 0 Å². The first-order valence-electron chi connectivity index (χ1n) is 7.38. The fourth-order valence-corrected chi connectivity index (χ4v) is 3.48. The maximum absolute atomic E-state index is 11.2. The first kappa shape index (κ1) is 19.3. The molecule has 0 N–H and O–H groups in total. The van der Waals surface area contributed by atoms with Gasteiger partial charge in [-0.05, 0) is 31.2 Å². The standard InChI is InChI=1S/C15H30O4Si/c1-12(2)10-18-20(19-11-13(3)4)9-7-8-17-15(16)14(5)6/h12-13,20H,5,7-11H2,1-4,6H3. The Balaban J connectivity index is 3.95. The van der Waals surface area contributed by atoms with Crippen molar-refractivity contribution in [3.05, 3.63) is 12.2 Å². The molecule has 4 nitrogen and oxygen atoms in total. The zero-order chi connectivity index (χ0) is 15.5. The first-order valence-corrected chi connectivity index (χ1v) is 9.14. The molecule has 0 radical (unpaired) electrons. The van der Waals surface area contributed by atoms with Crippen LogP contribution in [-0.2, 0) is 18.4 Å². The van der Waals surface area contributed by atoms with Crippen LogP contribution in [0.4, 0.5) is 0 Å². The lowest BCUT2D eigenvalue weighted by atomic mass is 10.2. The number of rotatable bonds is 11. The van der Waals surface area contributed by atoms with Crippen LogP contribution in [0.25, 0.3) is 0 Å². The van der Waals surface area contributed by atoms with E-state index < -0.39 is 9.28 Å². The summed E-state index contributed by atoms with van der Waals surface area (Å²) in [6.45, 7) is 15.6. The monoisotopic (exact) mass is 302 g/mol. The van der Waals surface area contributed by atoms with E-state index in [1.54, 1.807) is 6.92 Å². The van der Waals surface area contributed by atoms with Crippen LogP contribution in [0.15, 0.2) is 12.2 Å². The van der Waals surface area contributed by atoms with Gasteiger partial charge in [-0.2, -0.15) is 0 Å². The third-order valence-corrected chi connectivity index (χ3v) is 4.40. The molecule has 0 aliphatic carbocycles. The van der Waals surface area contributed by atoms with E-state index in [0.29, 0.717) is 24.0 Å². The minimum Gasteiger partial charge on any atom is -0.462 e. The number of hydrogen-bond donors (Lipinski definition) is 0. The van der Waals surface area contributed by atoms with E-state index in [4.69, 9.17) is 13.6 Å². The molecule has 0 unspecified atom stereocenters. The molecule has 0 amide bonds. The van der Waals surface area contributed by atoms with Crippen molar-refractivity contribution in [3.63, 3.8) is 0 Å². The van der Waals surface area contributed by atoms with Crippen molar-refractivity contribution < 1.29 is 18.4 Å². The highest BCUT2D eigenvalue weighted by molar-refractivity contribution is 6.44. The third-order valence-electron chi connectivity index (χ3n) is 2.40. The largest absolute Gasteiger partial charge is 0.462 e. The van der Waals surface area contributed by atoms with Gasteiger partial charge >= 0.3 is 15.3 Å². The molecule has 0 spiro atoms. The van der Waals surface area contributed by atoms with Gasteiger partial charge in [0.25, 0.3) is 0 Å². The highest BCUT2D eigenvalue weighted by Gasteiger charge is 2.15. The molecule has 0 saturated carbocycles. The number of carbonyl (C=O) groups excluding carboxylic acids is 1. The van der Waals surface area contributed by atoms with Crippen LogP contribution < -0.4 is 0 Å². The molecule has 0 fully saturated rings. The van der Waals surface area contributed by atoms with Gasteiger partial charge < -0.3 is 13.6 Å². The second-order valence-electron chi connectivity index (χ2n) is 5.94. The van der Waals surface area contributed by atoms with E-state index in [1.165, 1.54) is 0 Å². The lowest BCUT2D eigenvalue weighted by Crippen LogP contribution is -2.27. The van der Waals surface area contributed by atoms with Crippen LogP contribution in [0.1, 0.15) is 41.0 Å². The number of esters is 1. The fraction of sp³-hybridized carbons (Fsp3) is 0.800. The molecule has 0 saturated heterocycles. The Labute approximate surface area is 125 Å². The summed E-state index contributed by atoms with van der Waals surface area (Å²) < 4.78 is 16.8. The van der Waals surface area contributed by atoms with E-state index in [1.807, 2.05) is 0 Å². The van der Waals surface area contributed by atoms with Gasteiger partial charge in [-0.1, -0.05) is 34.3 Å². The molecule has 118 valence electrons. The van der Waals surface area contributed by atoms with Gasteiger partial charge in [0.15, 0.2) is 0 Å². The molecule has 5 heteroatoms. The van der Waals surface area contributed by atoms with Crippen molar-refractivity contribution in [2.45, 2.75) is 47.1 Å². The van der Waals surface area contributed by atoms with Crippen molar-refractivity contribution in [3.8, 4) is 0 Å². The van der Waals surface area contributed by atoms with E-state index in [2.05, 4.69) is 34.3 Å². The Morgan fingerprint density at radius 1 is 1.10 bits per heavy atom. The average molecular weight is 302 g/mol. The van der Waals surface area contributed by atoms with Crippen LogP contribution in [0.5, 0.6) is 0 Å². The van der Waals surface area contributed by atoms with E-state index in [0.717, 1.165) is 25.7 Å². The summed E-state index contributed by atoms with van der Waals surface area (Å²) in [7, 11) is -1.65. The molecular formula is C15H30O4Si. The normalized spacial score (nSPS) is 11.4. The molecule has 0 aliphatic heterocycles. The number of ether oxygens (including phenoxy) is 1. The molecule has 0 aromatic carbocycles. The lowest BCUT2D eigenvalue weighted by Gasteiger charge is -2.19. The second-order valence-corrected chi connectivity index (χ2v) is 8.05. The third kappa shape index (κ3) is 11.2. The molecule has 0 bridgehead atoms. The highest BCUT2D eigenvalue weighted by Crippen LogP contribution is 2.07. The lowest BCUT2D eigenvalue weighted by molar-refractivity contribution is -0.138. The van der Waals surface area contributed by atoms with Crippen LogP contribution in [0.2, 0.25) is 6.04 Å². The van der Waals surface area contributed by atoms with Crippen LogP contribution in [0, 0.1) is 11.8 Å². The van der Waals surface area contributed by atoms with Crippen LogP contribution in [0.3, 0.4) is 0 Å². The van der Waals surface area contributed by atoms with Gasteiger partial charge in [0.05, 0.1) is 6.61 Å². The minimum atomic E-state index is -1.65. The number of carbonyl (C=O) groups is 1. The van der Waals surface area contributed by atoms with Crippen molar-refractivity contribution in [1.82, 2.24) is 0 Å². The zero-order valence-corrected chi connectivity index (χ0v) is 14.8. The second kappa shape index (κ2) is 11.1. The Hall–Kier alpha value is -0.653. The van der Waals surface area contributed by atoms with Gasteiger partial charge in [-0.15, -0.1) is 0 Å². The Morgan fingerprint density at radius 2 is 1.60 bits per heavy atom. The smallest absolute Gasteiger partial charge is 0.333 e. The maximum atomic E-state index is 11.2. The molecule has 0 aromatic heterocycles. The molecule has 0 aromatic rings. The molecule has 0 heterocycles. The zero-order valence-electron chi connectivity index (χ0n) is 13.6. The maximum Gasteiger partial charge on any atom is 0.333 e. The van der Waals surface area contributed by atoms with Gasteiger partial charge in [0, 0.05) is 18.8 Å². The van der Waals surface area contributed by atoms with E-state index in [-0.39, 0.29) is 5.97 Å². The van der Waals surface area contributed by atoms with Crippen molar-refractivity contribution in [1.29, 1.82) is 0 Å². The Bertz CT molecular complexity index is 278. The minimum absolute atomic E-state index is 0.325. The summed E-state index contributed by atoms with van der Waals surface area (Å²) in [4.78, 5) is 11.2. The summed E-state index contributed by atoms with van der Waals surface area (Å²) in [6.07, 6.45) is 0.784. The summed E-state index contributed by atoms with van der Waals surface area (Å²) in [5, 5.41) is 0. The van der Waals surface area contributed by atoms with Gasteiger partial charge in [-0.25, -0.2) is 4.79 Å². The molecule has 0 atom stereocenters. The average Bonchev–Trinajstić information content (AvgIpc) is 2.35. The summed E-state index contributed by atoms with van der Waals surface area (Å²) >= 11 is 0. The molecule has 20 heavy (non-hydrogen) atoms. The van der Waals surface area contributed by atoms with Crippen molar-refractivity contribution in [2.75, 3.05) is 19.8 Å². The predicted molar refractivity (Wildman–Crippen MR) is 83.9 cm³/mol. The molecule has 0 rings (SSSR count). The van der Waals surface area contributed by atoms with Crippen molar-refractivity contribution >= 4 is 15.3 Å². The topological polar surface area (TPSA) is 44.8 Å². The Kier molecular flexibility index (Phi) is 10.7. The summed E-state index contributed by atoms with van der Waals surface area (Å²) in [5.41, 5.74) is 0.436. The highest BCUT2D eigenvalue weighted by atomic mass is 28.3. The Morgan fingerprint density at radius 3 is 2.00 bits per heavy atom. The number of hydrogen-bond acceptors (Lipinski definition) is 4. The van der Waals surface area contributed by atoms with Crippen molar-refractivity contribution in [2.24, 2.45) is 11.8 Å². The van der Waals surface area contributed by atoms with E-state index >= 15 is 0 Å². The van der Waals surface area contributed by atoms with Gasteiger partial charge in [0.1, 0.15) is 0 Å². The van der Waals surface area contributed by atoms with Gasteiger partial charge in [0.2, 0.25) is 0 Å². The summed E-state index contributed by atoms with van der Waals surface area (Å²) in [5.74, 6) is 0.692. The SMILES string of the molecule is C=C(C)C(=O)OCCC[SiH](OCC(C)C)OCC(C)C. The molecule has 0 aliphatic rings. The first-order chi connectivity index (χ1) is 9.32. The molecular weight excluding hydrogens is 272 g/mol. The van der Waals surface area contributed by atoms with Gasteiger partial charge in [-0.3, -0.25) is 0 Å². The van der Waals surface area contributed by atoms with E-state index in [9.17, 15) is 4.79 Å². The van der Waals surface area contributed by atoms with Crippen LogP contribution in [-0.4, -0.2) is 35.1 Å². The summed E-state index contributed by atoms with van der Waals surface area (Å²) in [6, 6.07) is 0.864. The fourth-order valence-electron chi connectivity index (χ4n) is 1.35.